The van der Waals surface area contributed by atoms with Crippen molar-refractivity contribution in [3.63, 3.8) is 0 Å². The van der Waals surface area contributed by atoms with Gasteiger partial charge in [0.05, 0.1) is 35.8 Å². The highest BCUT2D eigenvalue weighted by atomic mass is 32.2. The van der Waals surface area contributed by atoms with Gasteiger partial charge in [0.2, 0.25) is 16.8 Å². The lowest BCUT2D eigenvalue weighted by Crippen LogP contribution is -2.53. The highest BCUT2D eigenvalue weighted by Gasteiger charge is 2.38. The third-order valence-electron chi connectivity index (χ3n) is 7.48. The number of unbranched alkanes of at least 4 members (excludes halogenated alkanes) is 1. The topological polar surface area (TPSA) is 148 Å². The van der Waals surface area contributed by atoms with Gasteiger partial charge in [-0.3, -0.25) is 14.7 Å². The summed E-state index contributed by atoms with van der Waals surface area (Å²) in [7, 11) is -4.04. The van der Waals surface area contributed by atoms with Crippen LogP contribution >= 0.6 is 0 Å². The number of hydrogen-bond acceptors (Lipinski definition) is 9. The van der Waals surface area contributed by atoms with Crippen molar-refractivity contribution in [2.45, 2.75) is 55.9 Å². The average molecular weight is 625 g/mol. The SMILES string of the molecule is CCCCN(C[C@@H](O)C(Cc1ccccc1)NC(=O)C1CN(Cc2ccccn2)C(=O)O1)S(=O)(=O)c1ccc2c(c1)OCO2. The summed E-state index contributed by atoms with van der Waals surface area (Å²) >= 11 is 0. The summed E-state index contributed by atoms with van der Waals surface area (Å²) in [6.07, 6.45) is 0.0969. The summed E-state index contributed by atoms with van der Waals surface area (Å²) in [5, 5.41) is 14.3. The van der Waals surface area contributed by atoms with Crippen molar-refractivity contribution in [1.82, 2.24) is 19.5 Å². The fraction of sp³-hybridized carbons (Fsp3) is 0.387. The monoisotopic (exact) mass is 624 g/mol. The van der Waals surface area contributed by atoms with Crippen LogP contribution in [-0.4, -0.2) is 84.4 Å². The molecule has 2 N–H and O–H groups in total. The number of carbonyl (C=O) groups excluding carboxylic acids is 2. The van der Waals surface area contributed by atoms with Crippen LogP contribution in [0.4, 0.5) is 4.79 Å². The molecule has 13 heteroatoms. The Morgan fingerprint density at radius 3 is 2.64 bits per heavy atom. The number of carbonyl (C=O) groups is 2. The van der Waals surface area contributed by atoms with Crippen molar-refractivity contribution in [3.05, 3.63) is 84.2 Å². The van der Waals surface area contributed by atoms with Gasteiger partial charge in [0.1, 0.15) is 0 Å². The first kappa shape index (κ1) is 31.2. The van der Waals surface area contributed by atoms with Crippen molar-refractivity contribution in [2.24, 2.45) is 0 Å². The van der Waals surface area contributed by atoms with E-state index in [9.17, 15) is 23.1 Å². The summed E-state index contributed by atoms with van der Waals surface area (Å²) in [5.74, 6) is 0.209. The molecule has 0 bridgehead atoms. The van der Waals surface area contributed by atoms with Crippen LogP contribution in [0.25, 0.3) is 0 Å². The molecule has 3 heterocycles. The zero-order chi connectivity index (χ0) is 31.1. The predicted octanol–water partition coefficient (Wildman–Crippen LogP) is 2.71. The molecule has 2 aromatic carbocycles. The van der Waals surface area contributed by atoms with Crippen LogP contribution in [0.15, 0.2) is 77.8 Å². The summed E-state index contributed by atoms with van der Waals surface area (Å²) in [4.78, 5) is 31.5. The minimum absolute atomic E-state index is 0.00910. The number of fused-ring (bicyclic) bond motifs is 1. The van der Waals surface area contributed by atoms with Crippen molar-refractivity contribution >= 4 is 22.0 Å². The molecule has 1 fully saturated rings. The Labute approximate surface area is 256 Å². The molecule has 0 saturated carbocycles. The molecular formula is C31H36N4O8S. The number of nitrogens with zero attached hydrogens (tertiary/aromatic N) is 3. The first-order chi connectivity index (χ1) is 21.2. The summed E-state index contributed by atoms with van der Waals surface area (Å²) in [6.45, 7) is 2.04. The average Bonchev–Trinajstić information content (AvgIpc) is 3.65. The molecule has 1 saturated heterocycles. The molecule has 234 valence electrons. The molecule has 0 radical (unpaired) electrons. The zero-order valence-corrected chi connectivity index (χ0v) is 25.2. The fourth-order valence-electron chi connectivity index (χ4n) is 5.05. The van der Waals surface area contributed by atoms with Gasteiger partial charge in [0.25, 0.3) is 5.91 Å². The van der Waals surface area contributed by atoms with Crippen LogP contribution in [0.5, 0.6) is 11.5 Å². The first-order valence-electron chi connectivity index (χ1n) is 14.5. The normalized spacial score (nSPS) is 17.4. The molecule has 0 aliphatic carbocycles. The number of aliphatic hydroxyl groups is 1. The fourth-order valence-corrected chi connectivity index (χ4v) is 6.57. The number of hydrogen-bond donors (Lipinski definition) is 2. The molecule has 2 aliphatic heterocycles. The Morgan fingerprint density at radius 2 is 1.89 bits per heavy atom. The van der Waals surface area contributed by atoms with Gasteiger partial charge in [0, 0.05) is 25.4 Å². The summed E-state index contributed by atoms with van der Waals surface area (Å²) in [5.41, 5.74) is 1.48. The second kappa shape index (κ2) is 14.1. The maximum Gasteiger partial charge on any atom is 0.411 e. The van der Waals surface area contributed by atoms with Crippen molar-refractivity contribution in [1.29, 1.82) is 0 Å². The van der Waals surface area contributed by atoms with Crippen molar-refractivity contribution < 1.29 is 37.3 Å². The zero-order valence-electron chi connectivity index (χ0n) is 24.4. The first-order valence-corrected chi connectivity index (χ1v) is 16.0. The van der Waals surface area contributed by atoms with E-state index >= 15 is 0 Å². The van der Waals surface area contributed by atoms with Gasteiger partial charge >= 0.3 is 6.09 Å². The lowest BCUT2D eigenvalue weighted by Gasteiger charge is -2.30. The number of ether oxygens (including phenoxy) is 3. The molecule has 3 aromatic rings. The van der Waals surface area contributed by atoms with E-state index in [0.29, 0.717) is 23.6 Å². The molecule has 12 nitrogen and oxygen atoms in total. The van der Waals surface area contributed by atoms with Crippen LogP contribution in [0.1, 0.15) is 31.0 Å². The molecule has 1 aromatic heterocycles. The highest BCUT2D eigenvalue weighted by Crippen LogP contribution is 2.34. The number of pyridine rings is 1. The Balaban J connectivity index is 1.32. The van der Waals surface area contributed by atoms with E-state index in [-0.39, 0.29) is 44.3 Å². The standard InChI is InChI=1S/C31H36N4O8S/c1-2-3-15-35(44(39,40)24-12-13-27-28(17-24)42-21-41-27)19-26(36)25(16-22-9-5-4-6-10-22)33-30(37)29-20-34(31(38)43-29)18-23-11-7-8-14-32-23/h4-14,17,25-26,29,36H,2-3,15-16,18-21H2,1H3,(H,33,37)/t25?,26-,29?/m1/s1. The van der Waals surface area contributed by atoms with E-state index < -0.39 is 40.3 Å². The third-order valence-corrected chi connectivity index (χ3v) is 9.34. The Kier molecular flexibility index (Phi) is 9.98. The molecule has 0 spiro atoms. The lowest BCUT2D eigenvalue weighted by atomic mass is 10.0. The molecule has 2 unspecified atom stereocenters. The largest absolute Gasteiger partial charge is 0.454 e. The van der Waals surface area contributed by atoms with Crippen molar-refractivity contribution in [3.8, 4) is 11.5 Å². The minimum Gasteiger partial charge on any atom is -0.454 e. The molecule has 3 atom stereocenters. The number of cyclic esters (lactones) is 1. The maximum absolute atomic E-state index is 13.8. The number of sulfonamides is 1. The van der Waals surface area contributed by atoms with Crippen LogP contribution < -0.4 is 14.8 Å². The van der Waals surface area contributed by atoms with E-state index in [0.717, 1.165) is 12.0 Å². The number of aromatic nitrogens is 1. The van der Waals surface area contributed by atoms with Gasteiger partial charge < -0.3 is 24.6 Å². The van der Waals surface area contributed by atoms with Crippen LogP contribution in [0, 0.1) is 0 Å². The van der Waals surface area contributed by atoms with E-state index in [2.05, 4.69) is 10.3 Å². The highest BCUT2D eigenvalue weighted by molar-refractivity contribution is 7.89. The van der Waals surface area contributed by atoms with Gasteiger partial charge in [-0.25, -0.2) is 13.2 Å². The molecule has 44 heavy (non-hydrogen) atoms. The van der Waals surface area contributed by atoms with Gasteiger partial charge in [-0.1, -0.05) is 49.7 Å². The summed E-state index contributed by atoms with van der Waals surface area (Å²) in [6, 6.07) is 18.1. The Bertz CT molecular complexity index is 1540. The lowest BCUT2D eigenvalue weighted by molar-refractivity contribution is -0.129. The predicted molar refractivity (Wildman–Crippen MR) is 159 cm³/mol. The van der Waals surface area contributed by atoms with Gasteiger partial charge in [-0.15, -0.1) is 0 Å². The van der Waals surface area contributed by atoms with E-state index in [1.165, 1.54) is 21.3 Å². The summed E-state index contributed by atoms with van der Waals surface area (Å²) < 4.78 is 44.8. The van der Waals surface area contributed by atoms with E-state index in [4.69, 9.17) is 14.2 Å². The van der Waals surface area contributed by atoms with Crippen LogP contribution in [0.2, 0.25) is 0 Å². The number of rotatable bonds is 14. The van der Waals surface area contributed by atoms with Crippen molar-refractivity contribution in [2.75, 3.05) is 26.4 Å². The van der Waals surface area contributed by atoms with Gasteiger partial charge in [0.15, 0.2) is 17.6 Å². The second-order valence-corrected chi connectivity index (χ2v) is 12.6. The smallest absolute Gasteiger partial charge is 0.411 e. The van der Waals surface area contributed by atoms with Gasteiger partial charge in [-0.05, 0) is 42.7 Å². The molecule has 2 amide bonds. The Morgan fingerprint density at radius 1 is 1.11 bits per heavy atom. The van der Waals surface area contributed by atoms with E-state index in [1.807, 2.05) is 37.3 Å². The minimum atomic E-state index is -4.04. The van der Waals surface area contributed by atoms with Crippen LogP contribution in [0.3, 0.4) is 0 Å². The van der Waals surface area contributed by atoms with Gasteiger partial charge in [-0.2, -0.15) is 4.31 Å². The quantitative estimate of drug-likeness (QED) is 0.276. The van der Waals surface area contributed by atoms with Crippen LogP contribution in [-0.2, 0) is 32.5 Å². The maximum atomic E-state index is 13.8. The second-order valence-electron chi connectivity index (χ2n) is 10.7. The number of aliphatic hydroxyl groups excluding tert-OH is 1. The molecule has 2 aliphatic rings. The number of amides is 2. The third kappa shape index (κ3) is 7.47. The molecular weight excluding hydrogens is 588 g/mol. The number of benzene rings is 2. The molecule has 5 rings (SSSR count). The number of nitrogens with one attached hydrogen (secondary N) is 1. The van der Waals surface area contributed by atoms with E-state index in [1.54, 1.807) is 30.5 Å². The Hall–Kier alpha value is -4.20.